The Labute approximate surface area is 121 Å². The fraction of sp³-hybridized carbons (Fsp3) is 0.533. The summed E-state index contributed by atoms with van der Waals surface area (Å²) in [7, 11) is 0. The molecule has 118 valence electrons. The largest absolute Gasteiger partial charge is 0.466 e. The van der Waals surface area contributed by atoms with Gasteiger partial charge in [0.1, 0.15) is 0 Å². The maximum atomic E-state index is 12.5. The van der Waals surface area contributed by atoms with Crippen LogP contribution in [0.1, 0.15) is 43.9 Å². The number of carbonyl (C=O) groups excluding carboxylic acids is 1. The molecule has 0 aliphatic rings. The predicted molar refractivity (Wildman–Crippen MR) is 71.4 cm³/mol. The van der Waals surface area contributed by atoms with E-state index in [0.29, 0.717) is 12.8 Å². The van der Waals surface area contributed by atoms with Gasteiger partial charge in [0, 0.05) is 0 Å². The molecule has 0 aliphatic carbocycles. The Bertz CT molecular complexity index is 454. The van der Waals surface area contributed by atoms with Crippen LogP contribution in [-0.4, -0.2) is 17.7 Å². The lowest BCUT2D eigenvalue weighted by atomic mass is 9.91. The summed E-state index contributed by atoms with van der Waals surface area (Å²) in [6, 6.07) is 4.17. The summed E-state index contributed by atoms with van der Waals surface area (Å²) in [4.78, 5) is 11.8. The predicted octanol–water partition coefficient (Wildman–Crippen LogP) is 3.72. The summed E-state index contributed by atoms with van der Waals surface area (Å²) in [5.41, 5.74) is -0.517. The van der Waals surface area contributed by atoms with Gasteiger partial charge >= 0.3 is 12.1 Å². The molecule has 3 nitrogen and oxygen atoms in total. The fourth-order valence-corrected chi connectivity index (χ4v) is 2.07. The Morgan fingerprint density at radius 1 is 1.24 bits per heavy atom. The Hall–Kier alpha value is -1.56. The van der Waals surface area contributed by atoms with Crippen molar-refractivity contribution in [3.8, 4) is 0 Å². The molecule has 0 fully saturated rings. The first-order chi connectivity index (χ1) is 9.81. The smallest absolute Gasteiger partial charge is 0.416 e. The zero-order valence-electron chi connectivity index (χ0n) is 12.0. The second-order valence-electron chi connectivity index (χ2n) is 4.71. The molecule has 2 atom stereocenters. The molecule has 1 rings (SSSR count). The minimum Gasteiger partial charge on any atom is -0.466 e. The molecule has 6 heteroatoms. The van der Waals surface area contributed by atoms with Gasteiger partial charge in [0.25, 0.3) is 0 Å². The van der Waals surface area contributed by atoms with E-state index in [9.17, 15) is 23.1 Å². The lowest BCUT2D eigenvalue weighted by Crippen LogP contribution is -2.24. The fourth-order valence-electron chi connectivity index (χ4n) is 2.07. The van der Waals surface area contributed by atoms with Crippen LogP contribution in [0.15, 0.2) is 24.3 Å². The number of aliphatic hydroxyl groups is 1. The van der Waals surface area contributed by atoms with E-state index in [1.165, 1.54) is 12.1 Å². The van der Waals surface area contributed by atoms with Gasteiger partial charge in [-0.05, 0) is 31.0 Å². The Kier molecular flexibility index (Phi) is 6.20. The van der Waals surface area contributed by atoms with Crippen molar-refractivity contribution in [3.63, 3.8) is 0 Å². The van der Waals surface area contributed by atoms with Crippen LogP contribution in [0.4, 0.5) is 13.2 Å². The Morgan fingerprint density at radius 3 is 2.24 bits per heavy atom. The number of ether oxygens (including phenoxy) is 1. The Balaban J connectivity index is 2.93. The number of esters is 1. The van der Waals surface area contributed by atoms with Crippen molar-refractivity contribution in [3.05, 3.63) is 35.4 Å². The van der Waals surface area contributed by atoms with Crippen molar-refractivity contribution in [1.29, 1.82) is 0 Å². The number of carbonyl (C=O) groups is 1. The van der Waals surface area contributed by atoms with Crippen LogP contribution in [0.25, 0.3) is 0 Å². The molecule has 0 aliphatic heterocycles. The molecular weight excluding hydrogens is 285 g/mol. The molecule has 0 saturated carbocycles. The zero-order chi connectivity index (χ0) is 16.0. The number of aliphatic hydroxyl groups excluding tert-OH is 1. The monoisotopic (exact) mass is 304 g/mol. The number of rotatable bonds is 6. The first-order valence-electron chi connectivity index (χ1n) is 6.83. The average molecular weight is 304 g/mol. The molecule has 21 heavy (non-hydrogen) atoms. The summed E-state index contributed by atoms with van der Waals surface area (Å²) in [6.07, 6.45) is -4.54. The number of alkyl halides is 3. The Morgan fingerprint density at radius 2 is 1.81 bits per heavy atom. The SMILES string of the molecule is CCCC(C(=O)OCC)C(O)c1ccc(C(F)(F)F)cc1. The second kappa shape index (κ2) is 7.45. The molecule has 1 aromatic carbocycles. The number of hydrogen-bond acceptors (Lipinski definition) is 3. The minimum atomic E-state index is -4.42. The van der Waals surface area contributed by atoms with Crippen molar-refractivity contribution in [2.24, 2.45) is 5.92 Å². The van der Waals surface area contributed by atoms with Crippen molar-refractivity contribution in [2.75, 3.05) is 6.61 Å². The molecule has 0 radical (unpaired) electrons. The van der Waals surface area contributed by atoms with Gasteiger partial charge in [0.05, 0.1) is 24.2 Å². The van der Waals surface area contributed by atoms with E-state index < -0.39 is 29.7 Å². The van der Waals surface area contributed by atoms with Crippen molar-refractivity contribution in [1.82, 2.24) is 0 Å². The highest BCUT2D eigenvalue weighted by atomic mass is 19.4. The van der Waals surface area contributed by atoms with Crippen LogP contribution >= 0.6 is 0 Å². The van der Waals surface area contributed by atoms with E-state index in [2.05, 4.69) is 0 Å². The van der Waals surface area contributed by atoms with Gasteiger partial charge in [-0.1, -0.05) is 25.5 Å². The first kappa shape index (κ1) is 17.5. The molecule has 1 aromatic rings. The van der Waals surface area contributed by atoms with Crippen LogP contribution in [0.5, 0.6) is 0 Å². The highest BCUT2D eigenvalue weighted by Gasteiger charge is 2.32. The van der Waals surface area contributed by atoms with Crippen LogP contribution in [0, 0.1) is 5.92 Å². The molecule has 0 amide bonds. The summed E-state index contributed by atoms with van der Waals surface area (Å²) < 4.78 is 42.4. The third-order valence-electron chi connectivity index (χ3n) is 3.15. The van der Waals surface area contributed by atoms with Crippen molar-refractivity contribution >= 4 is 5.97 Å². The third-order valence-corrected chi connectivity index (χ3v) is 3.15. The molecule has 2 unspecified atom stereocenters. The second-order valence-corrected chi connectivity index (χ2v) is 4.71. The first-order valence-corrected chi connectivity index (χ1v) is 6.83. The molecular formula is C15H19F3O3. The highest BCUT2D eigenvalue weighted by Crippen LogP contribution is 2.32. The lowest BCUT2D eigenvalue weighted by Gasteiger charge is -2.21. The van der Waals surface area contributed by atoms with E-state index >= 15 is 0 Å². The van der Waals surface area contributed by atoms with Crippen molar-refractivity contribution < 1.29 is 27.8 Å². The third kappa shape index (κ3) is 4.74. The van der Waals surface area contributed by atoms with E-state index in [-0.39, 0.29) is 12.2 Å². The van der Waals surface area contributed by atoms with Crippen LogP contribution < -0.4 is 0 Å². The number of hydrogen-bond donors (Lipinski definition) is 1. The molecule has 0 aromatic heterocycles. The summed E-state index contributed by atoms with van der Waals surface area (Å²) in [5.74, 6) is -1.31. The maximum Gasteiger partial charge on any atom is 0.416 e. The van der Waals surface area contributed by atoms with Gasteiger partial charge in [0.2, 0.25) is 0 Å². The molecule has 1 N–H and O–H groups in total. The topological polar surface area (TPSA) is 46.5 Å². The maximum absolute atomic E-state index is 12.5. The van der Waals surface area contributed by atoms with Gasteiger partial charge in [0.15, 0.2) is 0 Å². The number of halogens is 3. The molecule has 0 saturated heterocycles. The molecule has 0 heterocycles. The van der Waals surface area contributed by atoms with Crippen LogP contribution in [0.3, 0.4) is 0 Å². The summed E-state index contributed by atoms with van der Waals surface area (Å²) >= 11 is 0. The average Bonchev–Trinajstić information content (AvgIpc) is 2.43. The van der Waals surface area contributed by atoms with E-state index in [0.717, 1.165) is 12.1 Å². The van der Waals surface area contributed by atoms with E-state index in [4.69, 9.17) is 4.74 Å². The summed E-state index contributed by atoms with van der Waals surface area (Å²) in [6.45, 7) is 3.70. The van der Waals surface area contributed by atoms with Crippen molar-refractivity contribution in [2.45, 2.75) is 39.0 Å². The molecule has 0 bridgehead atoms. The van der Waals surface area contributed by atoms with E-state index in [1.54, 1.807) is 6.92 Å². The normalized spacial score (nSPS) is 14.6. The minimum absolute atomic E-state index is 0.193. The van der Waals surface area contributed by atoms with Crippen LogP contribution in [0.2, 0.25) is 0 Å². The number of benzene rings is 1. The quantitative estimate of drug-likeness (QED) is 0.815. The standard InChI is InChI=1S/C15H19F3O3/c1-3-5-12(14(20)21-4-2)13(19)10-6-8-11(9-7-10)15(16,17)18/h6-9,12-13,19H,3-5H2,1-2H3. The van der Waals surface area contributed by atoms with Gasteiger partial charge in [-0.2, -0.15) is 13.2 Å². The van der Waals surface area contributed by atoms with Crippen LogP contribution in [-0.2, 0) is 15.7 Å². The highest BCUT2D eigenvalue weighted by molar-refractivity contribution is 5.73. The van der Waals surface area contributed by atoms with Gasteiger partial charge in [-0.3, -0.25) is 4.79 Å². The van der Waals surface area contributed by atoms with Gasteiger partial charge in [-0.15, -0.1) is 0 Å². The summed E-state index contributed by atoms with van der Waals surface area (Å²) in [5, 5.41) is 10.2. The van der Waals surface area contributed by atoms with Gasteiger partial charge < -0.3 is 9.84 Å². The van der Waals surface area contributed by atoms with E-state index in [1.807, 2.05) is 6.92 Å². The van der Waals surface area contributed by atoms with Gasteiger partial charge in [-0.25, -0.2) is 0 Å². The zero-order valence-corrected chi connectivity index (χ0v) is 12.0. The molecule has 0 spiro atoms. The lowest BCUT2D eigenvalue weighted by molar-refractivity contribution is -0.152.